The van der Waals surface area contributed by atoms with Gasteiger partial charge in [0, 0.05) is 13.1 Å². The van der Waals surface area contributed by atoms with E-state index in [9.17, 15) is 14.4 Å². The molecule has 0 saturated heterocycles. The monoisotopic (exact) mass is 296 g/mol. The van der Waals surface area contributed by atoms with Crippen molar-refractivity contribution in [1.29, 1.82) is 0 Å². The first-order valence-electron chi connectivity index (χ1n) is 7.69. The molecular weight excluding hydrogens is 268 g/mol. The molecule has 1 atom stereocenters. The fourth-order valence-corrected chi connectivity index (χ4v) is 2.37. The van der Waals surface area contributed by atoms with E-state index in [0.717, 1.165) is 12.8 Å². The predicted molar refractivity (Wildman–Crippen MR) is 81.6 cm³/mol. The van der Waals surface area contributed by atoms with Gasteiger partial charge in [0.05, 0.1) is 0 Å². The van der Waals surface area contributed by atoms with Crippen molar-refractivity contribution in [2.24, 2.45) is 17.3 Å². The minimum atomic E-state index is -0.694. The normalized spacial score (nSPS) is 16.5. The number of hydrogen-bond acceptors (Lipinski definition) is 3. The summed E-state index contributed by atoms with van der Waals surface area (Å²) in [7, 11) is 0. The fourth-order valence-electron chi connectivity index (χ4n) is 2.37. The Kier molecular flexibility index (Phi) is 5.93. The molecule has 0 aromatic heterocycles. The molecule has 0 aromatic carbocycles. The molecule has 2 amide bonds. The van der Waals surface area contributed by atoms with Crippen LogP contribution in [0.15, 0.2) is 0 Å². The molecule has 5 nitrogen and oxygen atoms in total. The van der Waals surface area contributed by atoms with Crippen molar-refractivity contribution in [1.82, 2.24) is 10.2 Å². The summed E-state index contributed by atoms with van der Waals surface area (Å²) in [4.78, 5) is 37.2. The average Bonchev–Trinajstić information content (AvgIpc) is 3.16. The van der Waals surface area contributed by atoms with Gasteiger partial charge in [0.15, 0.2) is 0 Å². The van der Waals surface area contributed by atoms with Crippen LogP contribution in [0.1, 0.15) is 47.5 Å². The molecule has 1 aliphatic carbocycles. The number of rotatable bonds is 8. The third-order valence-electron chi connectivity index (χ3n) is 3.52. The summed E-state index contributed by atoms with van der Waals surface area (Å²) in [6.07, 6.45) is 2.92. The molecule has 1 aliphatic rings. The second-order valence-corrected chi connectivity index (χ2v) is 7.54. The van der Waals surface area contributed by atoms with Gasteiger partial charge in [-0.1, -0.05) is 34.6 Å². The van der Waals surface area contributed by atoms with Gasteiger partial charge in [-0.2, -0.15) is 0 Å². The molecule has 0 bridgehead atoms. The molecule has 1 fully saturated rings. The average molecular weight is 296 g/mol. The predicted octanol–water partition coefficient (Wildman–Crippen LogP) is 1.61. The van der Waals surface area contributed by atoms with Crippen molar-refractivity contribution >= 4 is 18.1 Å². The zero-order chi connectivity index (χ0) is 16.2. The van der Waals surface area contributed by atoms with Crippen LogP contribution in [0.2, 0.25) is 0 Å². The fraction of sp³-hybridized carbons (Fsp3) is 0.812. The highest BCUT2D eigenvalue weighted by Gasteiger charge is 2.35. The Balaban J connectivity index is 2.74. The summed E-state index contributed by atoms with van der Waals surface area (Å²) in [6, 6.07) is -0.694. The van der Waals surface area contributed by atoms with Gasteiger partial charge >= 0.3 is 0 Å². The molecule has 0 spiro atoms. The maximum atomic E-state index is 12.4. The lowest BCUT2D eigenvalue weighted by atomic mass is 9.92. The van der Waals surface area contributed by atoms with Gasteiger partial charge in [-0.15, -0.1) is 0 Å². The van der Waals surface area contributed by atoms with Crippen LogP contribution >= 0.6 is 0 Å². The zero-order valence-corrected chi connectivity index (χ0v) is 13.8. The summed E-state index contributed by atoms with van der Waals surface area (Å²) in [6.45, 7) is 10.7. The molecule has 0 aliphatic heterocycles. The third kappa shape index (κ3) is 5.86. The lowest BCUT2D eigenvalue weighted by molar-refractivity contribution is -0.144. The molecular formula is C16H28N2O3. The number of nitrogens with one attached hydrogen (secondary N) is 1. The number of carbonyl (C=O) groups excluding carboxylic acids is 3. The Morgan fingerprint density at radius 3 is 2.24 bits per heavy atom. The van der Waals surface area contributed by atoms with Gasteiger partial charge < -0.3 is 10.2 Å². The first-order chi connectivity index (χ1) is 9.65. The van der Waals surface area contributed by atoms with E-state index in [4.69, 9.17) is 0 Å². The van der Waals surface area contributed by atoms with Crippen LogP contribution in [0.3, 0.4) is 0 Å². The minimum absolute atomic E-state index is 0.100. The Hall–Kier alpha value is -1.39. The maximum Gasteiger partial charge on any atom is 0.289 e. The maximum absolute atomic E-state index is 12.4. The van der Waals surface area contributed by atoms with Crippen LogP contribution in [0.4, 0.5) is 0 Å². The molecule has 1 N–H and O–H groups in total. The summed E-state index contributed by atoms with van der Waals surface area (Å²) >= 11 is 0. The van der Waals surface area contributed by atoms with Gasteiger partial charge in [0.25, 0.3) is 5.91 Å². The van der Waals surface area contributed by atoms with Crippen molar-refractivity contribution in [2.75, 3.05) is 13.1 Å². The summed E-state index contributed by atoms with van der Waals surface area (Å²) in [5, 5.41) is 2.69. The topological polar surface area (TPSA) is 66.5 Å². The van der Waals surface area contributed by atoms with E-state index >= 15 is 0 Å². The molecule has 21 heavy (non-hydrogen) atoms. The smallest absolute Gasteiger partial charge is 0.289 e. The van der Waals surface area contributed by atoms with E-state index in [2.05, 4.69) is 5.32 Å². The lowest BCUT2D eigenvalue weighted by Crippen LogP contribution is -2.52. The number of amides is 2. The Labute approximate surface area is 127 Å². The summed E-state index contributed by atoms with van der Waals surface area (Å²) in [5.41, 5.74) is -0.126. The van der Waals surface area contributed by atoms with Crippen LogP contribution in [0.25, 0.3) is 0 Å². The van der Waals surface area contributed by atoms with E-state index in [1.807, 2.05) is 34.6 Å². The van der Waals surface area contributed by atoms with Crippen molar-refractivity contribution in [2.45, 2.75) is 53.5 Å². The van der Waals surface area contributed by atoms with Crippen LogP contribution in [0, 0.1) is 17.3 Å². The third-order valence-corrected chi connectivity index (χ3v) is 3.52. The molecule has 0 radical (unpaired) electrons. The summed E-state index contributed by atoms with van der Waals surface area (Å²) in [5.74, 6) is -0.656. The zero-order valence-electron chi connectivity index (χ0n) is 13.8. The van der Waals surface area contributed by atoms with Crippen molar-refractivity contribution in [3.63, 3.8) is 0 Å². The number of carbonyl (C=O) groups is 3. The van der Waals surface area contributed by atoms with Gasteiger partial charge in [-0.25, -0.2) is 0 Å². The van der Waals surface area contributed by atoms with E-state index < -0.39 is 17.7 Å². The molecule has 5 heteroatoms. The highest BCUT2D eigenvalue weighted by molar-refractivity contribution is 6.38. The molecule has 1 rings (SSSR count). The lowest BCUT2D eigenvalue weighted by Gasteiger charge is -2.34. The molecule has 1 saturated carbocycles. The number of hydrogen-bond donors (Lipinski definition) is 1. The van der Waals surface area contributed by atoms with Crippen molar-refractivity contribution in [3.05, 3.63) is 0 Å². The standard InChI is InChI=1S/C16H28N2O3/c1-11(2)13(18(10-19)9-16(3,4)5)14(20)15(21)17-8-12-6-7-12/h10-13H,6-9H2,1-5H3,(H,17,21)/t13-/m0/s1. The number of Topliss-reactive ketones (excluding diaryl/α,β-unsaturated/α-hetero) is 1. The largest absolute Gasteiger partial charge is 0.349 e. The Bertz CT molecular complexity index is 395. The second kappa shape index (κ2) is 7.05. The highest BCUT2D eigenvalue weighted by atomic mass is 16.2. The second-order valence-electron chi connectivity index (χ2n) is 7.54. The first kappa shape index (κ1) is 17.7. The molecule has 120 valence electrons. The highest BCUT2D eigenvalue weighted by Crippen LogP contribution is 2.27. The van der Waals surface area contributed by atoms with E-state index in [1.165, 1.54) is 4.90 Å². The van der Waals surface area contributed by atoms with Gasteiger partial charge in [-0.05, 0) is 30.1 Å². The summed E-state index contributed by atoms with van der Waals surface area (Å²) < 4.78 is 0. The quantitative estimate of drug-likeness (QED) is 0.546. The van der Waals surface area contributed by atoms with E-state index in [0.29, 0.717) is 25.4 Å². The van der Waals surface area contributed by atoms with Gasteiger partial charge in [0.1, 0.15) is 6.04 Å². The molecule has 0 unspecified atom stereocenters. The van der Waals surface area contributed by atoms with E-state index in [1.54, 1.807) is 0 Å². The van der Waals surface area contributed by atoms with E-state index in [-0.39, 0.29) is 11.3 Å². The minimum Gasteiger partial charge on any atom is -0.349 e. The first-order valence-corrected chi connectivity index (χ1v) is 7.69. The van der Waals surface area contributed by atoms with Gasteiger partial charge in [-0.3, -0.25) is 14.4 Å². The Morgan fingerprint density at radius 2 is 1.86 bits per heavy atom. The Morgan fingerprint density at radius 1 is 1.29 bits per heavy atom. The van der Waals surface area contributed by atoms with Crippen molar-refractivity contribution in [3.8, 4) is 0 Å². The SMILES string of the molecule is CC(C)[C@@H](C(=O)C(=O)NCC1CC1)N(C=O)CC(C)(C)C. The molecule has 0 heterocycles. The molecule has 0 aromatic rings. The number of nitrogens with zero attached hydrogens (tertiary/aromatic N) is 1. The van der Waals surface area contributed by atoms with Crippen molar-refractivity contribution < 1.29 is 14.4 Å². The van der Waals surface area contributed by atoms with Gasteiger partial charge in [0.2, 0.25) is 12.2 Å². The van der Waals surface area contributed by atoms with Crippen LogP contribution in [-0.4, -0.2) is 42.1 Å². The van der Waals surface area contributed by atoms with Crippen LogP contribution < -0.4 is 5.32 Å². The van der Waals surface area contributed by atoms with Crippen LogP contribution in [-0.2, 0) is 14.4 Å². The number of ketones is 1. The van der Waals surface area contributed by atoms with Crippen LogP contribution in [0.5, 0.6) is 0 Å².